The average Bonchev–Trinajstić information content (AvgIpc) is 3.61. The Morgan fingerprint density at radius 3 is 2.54 bits per heavy atom. The maximum Gasteiger partial charge on any atom is 0.573 e. The molecule has 0 bridgehead atoms. The maximum absolute atomic E-state index is 15.1. The lowest BCUT2D eigenvalue weighted by atomic mass is 9.99. The zero-order chi connectivity index (χ0) is 33.2. The van der Waals surface area contributed by atoms with Gasteiger partial charge in [0.25, 0.3) is 0 Å². The first-order chi connectivity index (χ1) is 21.8. The van der Waals surface area contributed by atoms with E-state index in [2.05, 4.69) is 25.1 Å². The number of aromatic nitrogens is 3. The standard InChI is InChI=1S/C31H29F4N7O3S/c1-18(2)23-11-5-19(3)13-26(23)42-27(43)16-46-30(42)38-29(44)37-25-12-6-20(14-24(25)32)15-40(4)28-36-17-41(39-28)21-7-9-22(10-8-21)45-31(33,34)35/h5-14,17-18H,15-16H2,1-4H3,(H,37,44)/b38-30-. The van der Waals surface area contributed by atoms with Crippen LogP contribution in [0.25, 0.3) is 5.69 Å². The molecule has 0 unspecified atom stereocenters. The number of nitrogens with zero attached hydrogens (tertiary/aromatic N) is 6. The Bertz CT molecular complexity index is 1790. The second-order valence-electron chi connectivity index (χ2n) is 10.8. The number of alkyl halides is 3. The quantitative estimate of drug-likeness (QED) is 0.203. The Hall–Kier alpha value is -4.92. The fourth-order valence-corrected chi connectivity index (χ4v) is 5.56. The fourth-order valence-electron chi connectivity index (χ4n) is 4.70. The summed E-state index contributed by atoms with van der Waals surface area (Å²) in [7, 11) is 1.69. The van der Waals surface area contributed by atoms with E-state index in [9.17, 15) is 22.8 Å². The van der Waals surface area contributed by atoms with Gasteiger partial charge in [-0.2, -0.15) is 9.98 Å². The van der Waals surface area contributed by atoms with Crippen molar-refractivity contribution in [3.05, 3.63) is 89.5 Å². The molecule has 0 spiro atoms. The zero-order valence-corrected chi connectivity index (χ0v) is 26.0. The van der Waals surface area contributed by atoms with Crippen molar-refractivity contribution in [1.82, 2.24) is 14.8 Å². The first-order valence-electron chi connectivity index (χ1n) is 14.0. The van der Waals surface area contributed by atoms with Crippen molar-refractivity contribution in [3.63, 3.8) is 0 Å². The number of ether oxygens (including phenoxy) is 1. The number of nitrogens with one attached hydrogen (secondary N) is 1. The van der Waals surface area contributed by atoms with Gasteiger partial charge in [0, 0.05) is 13.6 Å². The summed E-state index contributed by atoms with van der Waals surface area (Å²) in [5.41, 5.74) is 3.50. The van der Waals surface area contributed by atoms with Crippen LogP contribution < -0.4 is 19.9 Å². The number of aliphatic imine (C=N–C) groups is 1. The Balaban J connectivity index is 1.24. The summed E-state index contributed by atoms with van der Waals surface area (Å²) < 4.78 is 57.6. The SMILES string of the molecule is Cc1ccc(C(C)C)c(N2C(=O)CS/C2=N\C(=O)Nc2ccc(CN(C)c3ncn(-c4ccc(OC(F)(F)F)cc4)n3)cc2F)c1. The van der Waals surface area contributed by atoms with E-state index < -0.39 is 18.2 Å². The second-order valence-corrected chi connectivity index (χ2v) is 11.7. The molecule has 4 aromatic rings. The van der Waals surface area contributed by atoms with Crippen LogP contribution in [0.1, 0.15) is 36.5 Å². The number of hydrogen-bond acceptors (Lipinski definition) is 7. The van der Waals surface area contributed by atoms with Crippen molar-refractivity contribution < 1.29 is 31.9 Å². The molecule has 1 fully saturated rings. The van der Waals surface area contributed by atoms with Crippen LogP contribution in [0.15, 0.2) is 72.0 Å². The molecule has 0 saturated carbocycles. The molecule has 10 nitrogen and oxygen atoms in total. The van der Waals surface area contributed by atoms with Crippen molar-refractivity contribution in [2.45, 2.75) is 39.6 Å². The summed E-state index contributed by atoms with van der Waals surface area (Å²) >= 11 is 1.14. The van der Waals surface area contributed by atoms with Gasteiger partial charge in [-0.25, -0.2) is 13.9 Å². The van der Waals surface area contributed by atoms with Crippen LogP contribution in [0, 0.1) is 12.7 Å². The highest BCUT2D eigenvalue weighted by Crippen LogP contribution is 2.34. The molecule has 1 aliphatic rings. The van der Waals surface area contributed by atoms with E-state index in [1.807, 2.05) is 39.0 Å². The number of carbonyl (C=O) groups excluding carboxylic acids is 2. The van der Waals surface area contributed by atoms with E-state index in [1.165, 1.54) is 40.2 Å². The average molecular weight is 656 g/mol. The summed E-state index contributed by atoms with van der Waals surface area (Å²) in [4.78, 5) is 37.0. The monoisotopic (exact) mass is 655 g/mol. The molecule has 3 aromatic carbocycles. The smallest absolute Gasteiger partial charge is 0.406 e. The molecule has 1 saturated heterocycles. The Morgan fingerprint density at radius 1 is 1.13 bits per heavy atom. The van der Waals surface area contributed by atoms with Gasteiger partial charge in [-0.3, -0.25) is 9.69 Å². The molecular formula is C31H29F4N7O3S. The molecule has 1 aliphatic heterocycles. The van der Waals surface area contributed by atoms with Crippen LogP contribution >= 0.6 is 11.8 Å². The number of anilines is 3. The van der Waals surface area contributed by atoms with Crippen LogP contribution in [-0.2, 0) is 11.3 Å². The highest BCUT2D eigenvalue weighted by atomic mass is 32.2. The third kappa shape index (κ3) is 7.65. The number of rotatable bonds is 8. The summed E-state index contributed by atoms with van der Waals surface area (Å²) in [6, 6.07) is 14.4. The number of benzene rings is 3. The van der Waals surface area contributed by atoms with Crippen molar-refractivity contribution in [2.75, 3.05) is 27.9 Å². The molecule has 1 N–H and O–H groups in total. The van der Waals surface area contributed by atoms with Gasteiger partial charge in [0.05, 0.1) is 22.8 Å². The van der Waals surface area contributed by atoms with Crippen LogP contribution in [0.2, 0.25) is 0 Å². The van der Waals surface area contributed by atoms with E-state index in [4.69, 9.17) is 0 Å². The zero-order valence-electron chi connectivity index (χ0n) is 25.2. The topological polar surface area (TPSA) is 105 Å². The number of hydrogen-bond donors (Lipinski definition) is 1. The van der Waals surface area contributed by atoms with Crippen LogP contribution in [0.5, 0.6) is 5.75 Å². The molecule has 0 atom stereocenters. The third-order valence-corrected chi connectivity index (χ3v) is 7.79. The molecule has 1 aromatic heterocycles. The molecule has 0 aliphatic carbocycles. The molecule has 3 amide bonds. The molecule has 15 heteroatoms. The third-order valence-electron chi connectivity index (χ3n) is 6.86. The van der Waals surface area contributed by atoms with Gasteiger partial charge in [0.15, 0.2) is 5.17 Å². The van der Waals surface area contributed by atoms with Gasteiger partial charge >= 0.3 is 12.4 Å². The summed E-state index contributed by atoms with van der Waals surface area (Å²) in [6.07, 6.45) is -3.40. The molecule has 0 radical (unpaired) electrons. The van der Waals surface area contributed by atoms with Crippen molar-refractivity contribution in [2.24, 2.45) is 4.99 Å². The summed E-state index contributed by atoms with van der Waals surface area (Å²) in [5.74, 6) is -0.704. The van der Waals surface area contributed by atoms with Gasteiger partial charge in [-0.05, 0) is 72.0 Å². The molecule has 5 rings (SSSR count). The maximum atomic E-state index is 15.1. The number of aryl methyl sites for hydroxylation is 1. The van der Waals surface area contributed by atoms with E-state index in [-0.39, 0.29) is 46.7 Å². The predicted molar refractivity (Wildman–Crippen MR) is 168 cm³/mol. The number of carbonyl (C=O) groups is 2. The fraction of sp³-hybridized carbons (Fsp3) is 0.258. The van der Waals surface area contributed by atoms with Gasteiger partial charge in [-0.15, -0.1) is 18.3 Å². The summed E-state index contributed by atoms with van der Waals surface area (Å²) in [5, 5.41) is 7.01. The second kappa shape index (κ2) is 13.2. The van der Waals surface area contributed by atoms with E-state index in [1.54, 1.807) is 18.0 Å². The first-order valence-corrected chi connectivity index (χ1v) is 15.0. The number of amidine groups is 1. The normalized spacial score (nSPS) is 14.3. The molecular weight excluding hydrogens is 626 g/mol. The van der Waals surface area contributed by atoms with E-state index >= 15 is 4.39 Å². The molecule has 2 heterocycles. The Morgan fingerprint density at radius 2 is 1.87 bits per heavy atom. The lowest BCUT2D eigenvalue weighted by molar-refractivity contribution is -0.274. The number of urea groups is 1. The van der Waals surface area contributed by atoms with E-state index in [0.29, 0.717) is 16.9 Å². The minimum Gasteiger partial charge on any atom is -0.406 e. The number of halogens is 4. The molecule has 240 valence electrons. The van der Waals surface area contributed by atoms with Gasteiger partial charge in [0.1, 0.15) is 17.9 Å². The lowest BCUT2D eigenvalue weighted by Gasteiger charge is -2.22. The van der Waals surface area contributed by atoms with Gasteiger partial charge in [-0.1, -0.05) is 43.8 Å². The molecule has 46 heavy (non-hydrogen) atoms. The minimum absolute atomic E-state index is 0.0830. The highest BCUT2D eigenvalue weighted by Gasteiger charge is 2.33. The van der Waals surface area contributed by atoms with Crippen LogP contribution in [-0.4, -0.2) is 51.0 Å². The lowest BCUT2D eigenvalue weighted by Crippen LogP contribution is -2.31. The number of amides is 3. The number of thioether (sulfide) groups is 1. The van der Waals surface area contributed by atoms with E-state index in [0.717, 1.165) is 35.0 Å². The Labute approximate surface area is 266 Å². The van der Waals surface area contributed by atoms with Crippen molar-refractivity contribution >= 4 is 46.2 Å². The Kier molecular flexibility index (Phi) is 9.32. The largest absolute Gasteiger partial charge is 0.573 e. The summed E-state index contributed by atoms with van der Waals surface area (Å²) in [6.45, 7) is 6.15. The van der Waals surface area contributed by atoms with Gasteiger partial charge in [0.2, 0.25) is 11.9 Å². The highest BCUT2D eigenvalue weighted by molar-refractivity contribution is 8.15. The van der Waals surface area contributed by atoms with Crippen LogP contribution in [0.3, 0.4) is 0 Å². The van der Waals surface area contributed by atoms with Gasteiger partial charge < -0.3 is 15.0 Å². The van der Waals surface area contributed by atoms with Crippen molar-refractivity contribution in [1.29, 1.82) is 0 Å². The minimum atomic E-state index is -4.79. The van der Waals surface area contributed by atoms with Crippen molar-refractivity contribution in [3.8, 4) is 11.4 Å². The van der Waals surface area contributed by atoms with Crippen LogP contribution in [0.4, 0.5) is 39.7 Å². The first kappa shape index (κ1) is 32.5. The predicted octanol–water partition coefficient (Wildman–Crippen LogP) is 7.04.